The van der Waals surface area contributed by atoms with Crippen molar-refractivity contribution in [2.45, 2.75) is 44.8 Å². The third kappa shape index (κ3) is 6.83. The summed E-state index contributed by atoms with van der Waals surface area (Å²) in [6.07, 6.45) is 5.27. The Morgan fingerprint density at radius 1 is 1.32 bits per heavy atom. The molecule has 0 saturated heterocycles. The van der Waals surface area contributed by atoms with Crippen molar-refractivity contribution in [2.75, 3.05) is 6.61 Å². The summed E-state index contributed by atoms with van der Waals surface area (Å²) in [6.45, 7) is 1.70. The van der Waals surface area contributed by atoms with Crippen LogP contribution in [0.25, 0.3) is 6.08 Å². The van der Waals surface area contributed by atoms with Crippen molar-refractivity contribution in [2.24, 2.45) is 0 Å². The molecule has 1 aromatic rings. The maximum absolute atomic E-state index is 12.8. The Bertz CT molecular complexity index is 473. The van der Waals surface area contributed by atoms with Gasteiger partial charge in [0, 0.05) is 6.42 Å². The molecule has 0 aromatic heterocycles. The van der Waals surface area contributed by atoms with Crippen LogP contribution in [0, 0.1) is 5.82 Å². The highest BCUT2D eigenvalue weighted by molar-refractivity contribution is 5.76. The number of benzene rings is 1. The molecule has 5 heteroatoms. The SMILES string of the molecule is CCCCCC(=O)N[C@@H](CO)[C@H](O)/C=C/c1ccc(F)cc1. The number of nitrogens with one attached hydrogen (secondary N) is 1. The van der Waals surface area contributed by atoms with E-state index in [-0.39, 0.29) is 18.3 Å². The van der Waals surface area contributed by atoms with Gasteiger partial charge in [-0.3, -0.25) is 4.79 Å². The normalized spacial score (nSPS) is 14.0. The standard InChI is InChI=1S/C17H24FNO3/c1-2-3-4-5-17(22)19-15(12-20)16(21)11-8-13-6-9-14(18)10-7-13/h6-11,15-16,20-21H,2-5,12H2,1H3,(H,19,22)/b11-8+/t15-,16+/m0/s1. The van der Waals surface area contributed by atoms with Crippen LogP contribution in [-0.4, -0.2) is 34.9 Å². The molecule has 0 bridgehead atoms. The Balaban J connectivity index is 2.51. The summed E-state index contributed by atoms with van der Waals surface area (Å²) < 4.78 is 12.8. The molecule has 0 saturated carbocycles. The number of amides is 1. The molecule has 0 heterocycles. The molecule has 1 amide bonds. The van der Waals surface area contributed by atoms with E-state index in [0.717, 1.165) is 24.8 Å². The minimum Gasteiger partial charge on any atom is -0.394 e. The molecule has 1 rings (SSSR count). The number of aliphatic hydroxyl groups is 2. The zero-order valence-corrected chi connectivity index (χ0v) is 12.8. The number of hydrogen-bond donors (Lipinski definition) is 3. The Labute approximate surface area is 130 Å². The van der Waals surface area contributed by atoms with Crippen molar-refractivity contribution in [1.82, 2.24) is 5.32 Å². The second kappa shape index (κ2) is 10.1. The van der Waals surface area contributed by atoms with Crippen molar-refractivity contribution in [3.05, 3.63) is 41.7 Å². The van der Waals surface area contributed by atoms with Gasteiger partial charge in [0.05, 0.1) is 18.8 Å². The summed E-state index contributed by atoms with van der Waals surface area (Å²) in [5.41, 5.74) is 0.728. The van der Waals surface area contributed by atoms with Gasteiger partial charge in [-0.25, -0.2) is 4.39 Å². The van der Waals surface area contributed by atoms with Gasteiger partial charge in [-0.05, 0) is 24.1 Å². The lowest BCUT2D eigenvalue weighted by Crippen LogP contribution is -2.45. The average Bonchev–Trinajstić information content (AvgIpc) is 2.52. The first-order valence-electron chi connectivity index (χ1n) is 7.59. The maximum Gasteiger partial charge on any atom is 0.220 e. The lowest BCUT2D eigenvalue weighted by Gasteiger charge is -2.19. The van der Waals surface area contributed by atoms with Crippen LogP contribution in [0.2, 0.25) is 0 Å². The van der Waals surface area contributed by atoms with E-state index in [2.05, 4.69) is 12.2 Å². The van der Waals surface area contributed by atoms with Crippen LogP contribution in [0.3, 0.4) is 0 Å². The van der Waals surface area contributed by atoms with E-state index >= 15 is 0 Å². The molecule has 0 radical (unpaired) electrons. The number of hydrogen-bond acceptors (Lipinski definition) is 3. The molecular weight excluding hydrogens is 285 g/mol. The van der Waals surface area contributed by atoms with Crippen molar-refractivity contribution < 1.29 is 19.4 Å². The fourth-order valence-electron chi connectivity index (χ4n) is 1.97. The van der Waals surface area contributed by atoms with Crippen molar-refractivity contribution in [1.29, 1.82) is 0 Å². The third-order valence-electron chi connectivity index (χ3n) is 3.32. The number of carbonyl (C=O) groups is 1. The molecule has 0 unspecified atom stereocenters. The van der Waals surface area contributed by atoms with Crippen molar-refractivity contribution >= 4 is 12.0 Å². The smallest absolute Gasteiger partial charge is 0.220 e. The van der Waals surface area contributed by atoms with E-state index in [9.17, 15) is 19.4 Å². The van der Waals surface area contributed by atoms with Gasteiger partial charge in [-0.15, -0.1) is 0 Å². The molecule has 0 aliphatic carbocycles. The van der Waals surface area contributed by atoms with Crippen molar-refractivity contribution in [3.63, 3.8) is 0 Å². The first-order chi connectivity index (χ1) is 10.6. The summed E-state index contributed by atoms with van der Waals surface area (Å²) >= 11 is 0. The van der Waals surface area contributed by atoms with E-state index < -0.39 is 12.1 Å². The molecule has 3 N–H and O–H groups in total. The van der Waals surface area contributed by atoms with Crippen LogP contribution < -0.4 is 5.32 Å². The van der Waals surface area contributed by atoms with Gasteiger partial charge in [-0.1, -0.05) is 44.1 Å². The first kappa shape index (κ1) is 18.3. The molecule has 0 fully saturated rings. The fraction of sp³-hybridized carbons (Fsp3) is 0.471. The number of aliphatic hydroxyl groups excluding tert-OH is 2. The molecule has 0 aliphatic rings. The van der Waals surface area contributed by atoms with E-state index in [1.54, 1.807) is 18.2 Å². The summed E-state index contributed by atoms with van der Waals surface area (Å²) in [7, 11) is 0. The van der Waals surface area contributed by atoms with Gasteiger partial charge >= 0.3 is 0 Å². The first-order valence-corrected chi connectivity index (χ1v) is 7.59. The van der Waals surface area contributed by atoms with E-state index in [1.807, 2.05) is 0 Å². The maximum atomic E-state index is 12.8. The van der Waals surface area contributed by atoms with Crippen LogP contribution in [0.5, 0.6) is 0 Å². The lowest BCUT2D eigenvalue weighted by atomic mass is 10.1. The number of unbranched alkanes of at least 4 members (excludes halogenated alkanes) is 2. The van der Waals surface area contributed by atoms with Gasteiger partial charge < -0.3 is 15.5 Å². The highest BCUT2D eigenvalue weighted by Crippen LogP contribution is 2.07. The molecule has 0 aliphatic heterocycles. The predicted molar refractivity (Wildman–Crippen MR) is 84.6 cm³/mol. The molecular formula is C17H24FNO3. The van der Waals surface area contributed by atoms with Crippen LogP contribution in [0.1, 0.15) is 38.2 Å². The largest absolute Gasteiger partial charge is 0.394 e. The predicted octanol–water partition coefficient (Wildman–Crippen LogP) is 2.26. The highest BCUT2D eigenvalue weighted by Gasteiger charge is 2.17. The number of rotatable bonds is 9. The fourth-order valence-corrected chi connectivity index (χ4v) is 1.97. The van der Waals surface area contributed by atoms with Crippen molar-refractivity contribution in [3.8, 4) is 0 Å². The summed E-state index contributed by atoms with van der Waals surface area (Å²) in [4.78, 5) is 11.7. The second-order valence-electron chi connectivity index (χ2n) is 5.21. The molecule has 22 heavy (non-hydrogen) atoms. The van der Waals surface area contributed by atoms with Crippen LogP contribution in [0.15, 0.2) is 30.3 Å². The molecule has 122 valence electrons. The third-order valence-corrected chi connectivity index (χ3v) is 3.32. The van der Waals surface area contributed by atoms with Gasteiger partial charge in [0.1, 0.15) is 5.82 Å². The van der Waals surface area contributed by atoms with Crippen LogP contribution in [-0.2, 0) is 4.79 Å². The Kier molecular flexibility index (Phi) is 8.40. The lowest BCUT2D eigenvalue weighted by molar-refractivity contribution is -0.123. The molecule has 0 spiro atoms. The molecule has 2 atom stereocenters. The summed E-state index contributed by atoms with van der Waals surface area (Å²) in [5, 5.41) is 21.9. The summed E-state index contributed by atoms with van der Waals surface area (Å²) in [5.74, 6) is -0.507. The second-order valence-corrected chi connectivity index (χ2v) is 5.21. The minimum atomic E-state index is -1.01. The average molecular weight is 309 g/mol. The minimum absolute atomic E-state index is 0.179. The van der Waals surface area contributed by atoms with E-state index in [1.165, 1.54) is 18.2 Å². The van der Waals surface area contributed by atoms with Gasteiger partial charge in [0.15, 0.2) is 0 Å². The number of carbonyl (C=O) groups excluding carboxylic acids is 1. The Hall–Kier alpha value is -1.72. The highest BCUT2D eigenvalue weighted by atomic mass is 19.1. The molecule has 1 aromatic carbocycles. The van der Waals surface area contributed by atoms with Gasteiger partial charge in [0.25, 0.3) is 0 Å². The van der Waals surface area contributed by atoms with Gasteiger partial charge in [0.2, 0.25) is 5.91 Å². The Morgan fingerprint density at radius 2 is 2.00 bits per heavy atom. The zero-order chi connectivity index (χ0) is 16.4. The monoisotopic (exact) mass is 309 g/mol. The van der Waals surface area contributed by atoms with Gasteiger partial charge in [-0.2, -0.15) is 0 Å². The van der Waals surface area contributed by atoms with Crippen LogP contribution in [0.4, 0.5) is 4.39 Å². The van der Waals surface area contributed by atoms with Crippen LogP contribution >= 0.6 is 0 Å². The number of halogens is 1. The zero-order valence-electron chi connectivity index (χ0n) is 12.8. The van der Waals surface area contributed by atoms with E-state index in [0.29, 0.717) is 6.42 Å². The summed E-state index contributed by atoms with van der Waals surface area (Å²) in [6, 6.07) is 5.06. The quantitative estimate of drug-likeness (QED) is 0.613. The topological polar surface area (TPSA) is 69.6 Å². The molecule has 4 nitrogen and oxygen atoms in total. The van der Waals surface area contributed by atoms with E-state index in [4.69, 9.17) is 0 Å². The Morgan fingerprint density at radius 3 is 2.59 bits per heavy atom.